The van der Waals surface area contributed by atoms with Gasteiger partial charge in [0.05, 0.1) is 24.1 Å². The standard InChI is InChI=1S/C14H24N2O2/c1-5-15-10-12-6-7-13(11-16-12)18-9-8-14(2,3)17-4/h6-7,11,15H,5,8-10H2,1-4H3. The highest BCUT2D eigenvalue weighted by atomic mass is 16.5. The quantitative estimate of drug-likeness (QED) is 0.771. The molecule has 0 aliphatic heterocycles. The first-order valence-corrected chi connectivity index (χ1v) is 6.41. The van der Waals surface area contributed by atoms with Crippen molar-refractivity contribution >= 4 is 0 Å². The van der Waals surface area contributed by atoms with Crippen LogP contribution in [0.4, 0.5) is 0 Å². The molecule has 0 bridgehead atoms. The molecule has 1 N–H and O–H groups in total. The van der Waals surface area contributed by atoms with Gasteiger partial charge in [0.2, 0.25) is 0 Å². The number of aromatic nitrogens is 1. The first-order valence-electron chi connectivity index (χ1n) is 6.41. The zero-order valence-corrected chi connectivity index (χ0v) is 11.8. The Hall–Kier alpha value is -1.13. The number of hydrogen-bond acceptors (Lipinski definition) is 4. The van der Waals surface area contributed by atoms with E-state index in [1.54, 1.807) is 13.3 Å². The van der Waals surface area contributed by atoms with Gasteiger partial charge in [-0.3, -0.25) is 4.98 Å². The van der Waals surface area contributed by atoms with Crippen LogP contribution in [0.5, 0.6) is 5.75 Å². The number of ether oxygens (including phenoxy) is 2. The molecule has 0 aliphatic carbocycles. The van der Waals surface area contributed by atoms with Crippen LogP contribution in [0.1, 0.15) is 32.9 Å². The summed E-state index contributed by atoms with van der Waals surface area (Å²) in [7, 11) is 1.72. The number of methoxy groups -OCH3 is 1. The first-order chi connectivity index (χ1) is 8.57. The molecular formula is C14H24N2O2. The largest absolute Gasteiger partial charge is 0.492 e. The van der Waals surface area contributed by atoms with Crippen LogP contribution in [0, 0.1) is 0 Å². The van der Waals surface area contributed by atoms with Crippen LogP contribution in [-0.2, 0) is 11.3 Å². The van der Waals surface area contributed by atoms with E-state index in [0.717, 1.165) is 31.0 Å². The van der Waals surface area contributed by atoms with Crippen molar-refractivity contribution in [1.29, 1.82) is 0 Å². The molecule has 4 heteroatoms. The van der Waals surface area contributed by atoms with E-state index in [-0.39, 0.29) is 5.60 Å². The number of nitrogens with one attached hydrogen (secondary N) is 1. The Labute approximate surface area is 110 Å². The lowest BCUT2D eigenvalue weighted by atomic mass is 10.1. The molecule has 1 aromatic rings. The molecule has 1 aromatic heterocycles. The summed E-state index contributed by atoms with van der Waals surface area (Å²) >= 11 is 0. The molecule has 0 aliphatic rings. The Kier molecular flexibility index (Phi) is 6.09. The highest BCUT2D eigenvalue weighted by Crippen LogP contribution is 2.15. The van der Waals surface area contributed by atoms with Crippen LogP contribution in [0.15, 0.2) is 18.3 Å². The highest BCUT2D eigenvalue weighted by Gasteiger charge is 2.15. The average molecular weight is 252 g/mol. The maximum Gasteiger partial charge on any atom is 0.137 e. The van der Waals surface area contributed by atoms with Crippen molar-refractivity contribution in [2.45, 2.75) is 39.3 Å². The minimum atomic E-state index is -0.140. The van der Waals surface area contributed by atoms with Crippen LogP contribution in [0.2, 0.25) is 0 Å². The van der Waals surface area contributed by atoms with E-state index in [9.17, 15) is 0 Å². The summed E-state index contributed by atoms with van der Waals surface area (Å²) in [4.78, 5) is 4.33. The van der Waals surface area contributed by atoms with E-state index in [2.05, 4.69) is 17.2 Å². The molecule has 0 amide bonds. The topological polar surface area (TPSA) is 43.4 Å². The molecule has 0 aromatic carbocycles. The summed E-state index contributed by atoms with van der Waals surface area (Å²) in [6, 6.07) is 3.94. The van der Waals surface area contributed by atoms with Crippen LogP contribution in [-0.4, -0.2) is 30.8 Å². The van der Waals surface area contributed by atoms with Gasteiger partial charge in [-0.25, -0.2) is 0 Å². The van der Waals surface area contributed by atoms with Gasteiger partial charge in [-0.2, -0.15) is 0 Å². The van der Waals surface area contributed by atoms with Crippen LogP contribution in [0.25, 0.3) is 0 Å². The lowest BCUT2D eigenvalue weighted by Gasteiger charge is -2.22. The Morgan fingerprint density at radius 2 is 2.11 bits per heavy atom. The van der Waals surface area contributed by atoms with Crippen molar-refractivity contribution in [1.82, 2.24) is 10.3 Å². The average Bonchev–Trinajstić information content (AvgIpc) is 2.38. The van der Waals surface area contributed by atoms with E-state index in [0.29, 0.717) is 6.61 Å². The molecule has 1 rings (SSSR count). The smallest absolute Gasteiger partial charge is 0.137 e. The van der Waals surface area contributed by atoms with Crippen LogP contribution >= 0.6 is 0 Å². The Balaban J connectivity index is 2.35. The van der Waals surface area contributed by atoms with Crippen LogP contribution < -0.4 is 10.1 Å². The number of hydrogen-bond donors (Lipinski definition) is 1. The van der Waals surface area contributed by atoms with Gasteiger partial charge in [0, 0.05) is 20.1 Å². The van der Waals surface area contributed by atoms with Gasteiger partial charge in [0.25, 0.3) is 0 Å². The fourth-order valence-corrected chi connectivity index (χ4v) is 1.37. The predicted octanol–water partition coefficient (Wildman–Crippen LogP) is 2.39. The summed E-state index contributed by atoms with van der Waals surface area (Å²) in [6.45, 7) is 8.56. The Bertz CT molecular complexity index is 336. The van der Waals surface area contributed by atoms with Gasteiger partial charge in [0.15, 0.2) is 0 Å². The summed E-state index contributed by atoms with van der Waals surface area (Å²) in [6.07, 6.45) is 2.62. The van der Waals surface area contributed by atoms with E-state index in [1.165, 1.54) is 0 Å². The number of nitrogens with zero attached hydrogens (tertiary/aromatic N) is 1. The summed E-state index contributed by atoms with van der Waals surface area (Å²) < 4.78 is 11.0. The molecule has 4 nitrogen and oxygen atoms in total. The van der Waals surface area contributed by atoms with Gasteiger partial charge in [-0.15, -0.1) is 0 Å². The van der Waals surface area contributed by atoms with Gasteiger partial charge >= 0.3 is 0 Å². The van der Waals surface area contributed by atoms with Crippen molar-refractivity contribution in [2.75, 3.05) is 20.3 Å². The van der Waals surface area contributed by atoms with E-state index in [1.807, 2.05) is 26.0 Å². The Morgan fingerprint density at radius 1 is 1.33 bits per heavy atom. The summed E-state index contributed by atoms with van der Waals surface area (Å²) in [5, 5.41) is 3.23. The molecule has 0 saturated heterocycles. The predicted molar refractivity (Wildman–Crippen MR) is 72.8 cm³/mol. The Morgan fingerprint density at radius 3 is 2.67 bits per heavy atom. The van der Waals surface area contributed by atoms with Crippen molar-refractivity contribution in [3.05, 3.63) is 24.0 Å². The van der Waals surface area contributed by atoms with Gasteiger partial charge < -0.3 is 14.8 Å². The van der Waals surface area contributed by atoms with E-state index in [4.69, 9.17) is 9.47 Å². The highest BCUT2D eigenvalue weighted by molar-refractivity contribution is 5.19. The number of rotatable bonds is 8. The minimum absolute atomic E-state index is 0.140. The third-order valence-corrected chi connectivity index (χ3v) is 2.88. The SMILES string of the molecule is CCNCc1ccc(OCCC(C)(C)OC)cn1. The maximum absolute atomic E-state index is 5.64. The minimum Gasteiger partial charge on any atom is -0.492 e. The van der Waals surface area contributed by atoms with Crippen LogP contribution in [0.3, 0.4) is 0 Å². The fourth-order valence-electron chi connectivity index (χ4n) is 1.37. The molecule has 0 spiro atoms. The van der Waals surface area contributed by atoms with Crippen molar-refractivity contribution in [2.24, 2.45) is 0 Å². The molecule has 0 fully saturated rings. The lowest BCUT2D eigenvalue weighted by Crippen LogP contribution is -2.25. The maximum atomic E-state index is 5.64. The van der Waals surface area contributed by atoms with Gasteiger partial charge in [-0.1, -0.05) is 6.92 Å². The second kappa shape index (κ2) is 7.34. The lowest BCUT2D eigenvalue weighted by molar-refractivity contribution is 0.00542. The zero-order chi connectivity index (χ0) is 13.4. The van der Waals surface area contributed by atoms with Gasteiger partial charge in [-0.05, 0) is 32.5 Å². The second-order valence-corrected chi connectivity index (χ2v) is 4.83. The molecule has 18 heavy (non-hydrogen) atoms. The van der Waals surface area contributed by atoms with E-state index >= 15 is 0 Å². The molecule has 1 heterocycles. The third-order valence-electron chi connectivity index (χ3n) is 2.88. The third kappa shape index (κ3) is 5.47. The molecular weight excluding hydrogens is 228 g/mol. The van der Waals surface area contributed by atoms with Crippen molar-refractivity contribution in [3.8, 4) is 5.75 Å². The monoisotopic (exact) mass is 252 g/mol. The summed E-state index contributed by atoms with van der Waals surface area (Å²) in [5.41, 5.74) is 0.889. The van der Waals surface area contributed by atoms with Gasteiger partial charge in [0.1, 0.15) is 5.75 Å². The number of pyridine rings is 1. The van der Waals surface area contributed by atoms with E-state index < -0.39 is 0 Å². The molecule has 0 unspecified atom stereocenters. The normalized spacial score (nSPS) is 11.6. The molecule has 102 valence electrons. The zero-order valence-electron chi connectivity index (χ0n) is 11.8. The molecule has 0 atom stereocenters. The fraction of sp³-hybridized carbons (Fsp3) is 0.643. The summed E-state index contributed by atoms with van der Waals surface area (Å²) in [5.74, 6) is 0.808. The molecule has 0 radical (unpaired) electrons. The second-order valence-electron chi connectivity index (χ2n) is 4.83. The molecule has 0 saturated carbocycles. The van der Waals surface area contributed by atoms with Crippen molar-refractivity contribution in [3.63, 3.8) is 0 Å². The first kappa shape index (κ1) is 14.9. The van der Waals surface area contributed by atoms with Crippen molar-refractivity contribution < 1.29 is 9.47 Å².